The quantitative estimate of drug-likeness (QED) is 0.511. The summed E-state index contributed by atoms with van der Waals surface area (Å²) in [5.41, 5.74) is 2.10. The van der Waals surface area contributed by atoms with Crippen LogP contribution in [-0.2, 0) is 4.74 Å². The molecule has 2 amide bonds. The van der Waals surface area contributed by atoms with Gasteiger partial charge in [-0.05, 0) is 47.5 Å². The smallest absolute Gasteiger partial charge is 0.340 e. The average Bonchev–Trinajstić information content (AvgIpc) is 2.98. The predicted molar refractivity (Wildman–Crippen MR) is 101 cm³/mol. The van der Waals surface area contributed by atoms with Gasteiger partial charge in [-0.3, -0.25) is 9.59 Å². The number of anilines is 1. The molecule has 0 unspecified atom stereocenters. The molecule has 0 radical (unpaired) electrons. The Hall–Kier alpha value is -3.80. The third-order valence-corrected chi connectivity index (χ3v) is 4.60. The van der Waals surface area contributed by atoms with Crippen LogP contribution in [0.2, 0.25) is 0 Å². The van der Waals surface area contributed by atoms with Gasteiger partial charge in [-0.25, -0.2) is 14.1 Å². The zero-order valence-electron chi connectivity index (χ0n) is 14.8. The van der Waals surface area contributed by atoms with Gasteiger partial charge in [-0.1, -0.05) is 30.3 Å². The molecular formula is C22H14FNO4. The monoisotopic (exact) mass is 375 g/mol. The SMILES string of the molecule is COC(=O)c1cc(-c2cccc(N3C(=O)c4ccccc4C3=O)c2)ccc1F. The van der Waals surface area contributed by atoms with E-state index in [1.165, 1.54) is 25.3 Å². The topological polar surface area (TPSA) is 63.7 Å². The summed E-state index contributed by atoms with van der Waals surface area (Å²) in [5, 5.41) is 0. The summed E-state index contributed by atoms with van der Waals surface area (Å²) in [4.78, 5) is 38.2. The van der Waals surface area contributed by atoms with Crippen LogP contribution >= 0.6 is 0 Å². The molecule has 1 aliphatic heterocycles. The van der Waals surface area contributed by atoms with Crippen molar-refractivity contribution in [1.29, 1.82) is 0 Å². The molecule has 0 atom stereocenters. The minimum Gasteiger partial charge on any atom is -0.465 e. The molecule has 6 heteroatoms. The van der Waals surface area contributed by atoms with Crippen LogP contribution in [-0.4, -0.2) is 24.9 Å². The molecule has 0 aromatic heterocycles. The second-order valence-electron chi connectivity index (χ2n) is 6.23. The third kappa shape index (κ3) is 2.75. The number of methoxy groups -OCH3 is 1. The maximum absolute atomic E-state index is 13.9. The first-order valence-electron chi connectivity index (χ1n) is 8.47. The average molecular weight is 375 g/mol. The van der Waals surface area contributed by atoms with Gasteiger partial charge in [-0.2, -0.15) is 0 Å². The van der Waals surface area contributed by atoms with E-state index < -0.39 is 23.6 Å². The van der Waals surface area contributed by atoms with Gasteiger partial charge in [0.2, 0.25) is 0 Å². The maximum atomic E-state index is 13.9. The lowest BCUT2D eigenvalue weighted by atomic mass is 10.0. The molecule has 138 valence electrons. The van der Waals surface area contributed by atoms with Crippen LogP contribution in [0.3, 0.4) is 0 Å². The van der Waals surface area contributed by atoms with Crippen LogP contribution in [0.15, 0.2) is 66.7 Å². The van der Waals surface area contributed by atoms with Gasteiger partial charge < -0.3 is 4.74 Å². The van der Waals surface area contributed by atoms with Gasteiger partial charge in [0.25, 0.3) is 11.8 Å². The van der Waals surface area contributed by atoms with E-state index >= 15 is 0 Å². The molecule has 5 nitrogen and oxygen atoms in total. The highest BCUT2D eigenvalue weighted by molar-refractivity contribution is 6.34. The lowest BCUT2D eigenvalue weighted by molar-refractivity contribution is 0.0595. The van der Waals surface area contributed by atoms with Crippen molar-refractivity contribution in [2.75, 3.05) is 12.0 Å². The standard InChI is InChI=1S/C22H14FNO4/c1-28-22(27)18-12-14(9-10-19(18)23)13-5-4-6-15(11-13)24-20(25)16-7-2-3-8-17(16)21(24)26/h2-12H,1H3. The number of benzene rings is 3. The lowest BCUT2D eigenvalue weighted by Crippen LogP contribution is -2.29. The van der Waals surface area contributed by atoms with Crippen LogP contribution in [0.25, 0.3) is 11.1 Å². The number of carbonyl (C=O) groups excluding carboxylic acids is 3. The molecule has 0 N–H and O–H groups in total. The maximum Gasteiger partial charge on any atom is 0.340 e. The number of hydrogen-bond donors (Lipinski definition) is 0. The van der Waals surface area contributed by atoms with Gasteiger partial charge in [0, 0.05) is 0 Å². The fourth-order valence-corrected chi connectivity index (χ4v) is 3.22. The highest BCUT2D eigenvalue weighted by Gasteiger charge is 2.36. The van der Waals surface area contributed by atoms with Crippen LogP contribution in [0.5, 0.6) is 0 Å². The molecule has 4 rings (SSSR count). The highest BCUT2D eigenvalue weighted by Crippen LogP contribution is 2.31. The molecule has 3 aromatic rings. The first-order valence-corrected chi connectivity index (χ1v) is 8.47. The Morgan fingerprint density at radius 3 is 2.14 bits per heavy atom. The number of amides is 2. The molecular weight excluding hydrogens is 361 g/mol. The number of ether oxygens (including phenoxy) is 1. The van der Waals surface area contributed by atoms with E-state index in [1.807, 2.05) is 0 Å². The van der Waals surface area contributed by atoms with Gasteiger partial charge in [0.15, 0.2) is 0 Å². The van der Waals surface area contributed by atoms with Crippen LogP contribution in [0.4, 0.5) is 10.1 Å². The van der Waals surface area contributed by atoms with E-state index in [4.69, 9.17) is 0 Å². The van der Waals surface area contributed by atoms with Gasteiger partial charge in [-0.15, -0.1) is 0 Å². The summed E-state index contributed by atoms with van der Waals surface area (Å²) in [6.45, 7) is 0. The minimum atomic E-state index is -0.782. The van der Waals surface area contributed by atoms with Gasteiger partial charge >= 0.3 is 5.97 Å². The fraction of sp³-hybridized carbons (Fsp3) is 0.0455. The van der Waals surface area contributed by atoms with E-state index in [2.05, 4.69) is 4.74 Å². The number of rotatable bonds is 3. The van der Waals surface area contributed by atoms with Crippen molar-refractivity contribution in [2.24, 2.45) is 0 Å². The first-order chi connectivity index (χ1) is 13.5. The number of fused-ring (bicyclic) bond motifs is 1. The summed E-state index contributed by atoms with van der Waals surface area (Å²) >= 11 is 0. The van der Waals surface area contributed by atoms with Crippen LogP contribution in [0.1, 0.15) is 31.1 Å². The minimum absolute atomic E-state index is 0.189. The number of nitrogens with zero attached hydrogens (tertiary/aromatic N) is 1. The van der Waals surface area contributed by atoms with Crippen LogP contribution < -0.4 is 4.90 Å². The van der Waals surface area contributed by atoms with Gasteiger partial charge in [0.05, 0.1) is 29.5 Å². The normalized spacial score (nSPS) is 12.9. The van der Waals surface area contributed by atoms with E-state index in [-0.39, 0.29) is 5.56 Å². The summed E-state index contributed by atoms with van der Waals surface area (Å²) in [6, 6.07) is 17.4. The Kier molecular flexibility index (Phi) is 4.24. The largest absolute Gasteiger partial charge is 0.465 e. The number of carbonyl (C=O) groups is 3. The fourth-order valence-electron chi connectivity index (χ4n) is 3.22. The molecule has 0 spiro atoms. The molecule has 0 saturated carbocycles. The molecule has 28 heavy (non-hydrogen) atoms. The Labute approximate surface area is 160 Å². The summed E-state index contributed by atoms with van der Waals surface area (Å²) in [5.74, 6) is -2.26. The second-order valence-corrected chi connectivity index (χ2v) is 6.23. The molecule has 1 aliphatic rings. The predicted octanol–water partition coefficient (Wildman–Crippen LogP) is 4.08. The van der Waals surface area contributed by atoms with Crippen LogP contribution in [0, 0.1) is 5.82 Å². The van der Waals surface area contributed by atoms with E-state index in [1.54, 1.807) is 48.5 Å². The van der Waals surface area contributed by atoms with Crippen molar-refractivity contribution in [3.05, 3.63) is 89.2 Å². The Morgan fingerprint density at radius 2 is 1.50 bits per heavy atom. The summed E-state index contributed by atoms with van der Waals surface area (Å²) < 4.78 is 18.5. The molecule has 0 saturated heterocycles. The van der Waals surface area contributed by atoms with Crippen molar-refractivity contribution in [3.8, 4) is 11.1 Å². The zero-order chi connectivity index (χ0) is 19.8. The van der Waals surface area contributed by atoms with E-state index in [9.17, 15) is 18.8 Å². The Bertz CT molecular complexity index is 1100. The van der Waals surface area contributed by atoms with E-state index in [0.717, 1.165) is 4.90 Å². The van der Waals surface area contributed by atoms with Crippen molar-refractivity contribution in [2.45, 2.75) is 0 Å². The number of hydrogen-bond acceptors (Lipinski definition) is 4. The molecule has 0 aliphatic carbocycles. The Morgan fingerprint density at radius 1 is 0.857 bits per heavy atom. The highest BCUT2D eigenvalue weighted by atomic mass is 19.1. The van der Waals surface area contributed by atoms with Gasteiger partial charge in [0.1, 0.15) is 5.82 Å². The number of esters is 1. The molecule has 1 heterocycles. The lowest BCUT2D eigenvalue weighted by Gasteiger charge is -2.15. The molecule has 0 bridgehead atoms. The van der Waals surface area contributed by atoms with Crippen molar-refractivity contribution >= 4 is 23.5 Å². The third-order valence-electron chi connectivity index (χ3n) is 4.60. The summed E-state index contributed by atoms with van der Waals surface area (Å²) in [6.07, 6.45) is 0. The zero-order valence-corrected chi connectivity index (χ0v) is 14.8. The number of halogens is 1. The molecule has 0 fully saturated rings. The second kappa shape index (κ2) is 6.74. The Balaban J connectivity index is 1.75. The van der Waals surface area contributed by atoms with Crippen molar-refractivity contribution < 1.29 is 23.5 Å². The first kappa shape index (κ1) is 17.6. The molecule has 3 aromatic carbocycles. The number of imide groups is 1. The summed E-state index contributed by atoms with van der Waals surface area (Å²) in [7, 11) is 1.18. The van der Waals surface area contributed by atoms with E-state index in [0.29, 0.717) is 27.9 Å². The van der Waals surface area contributed by atoms with Crippen molar-refractivity contribution in [1.82, 2.24) is 0 Å². The van der Waals surface area contributed by atoms with Crippen molar-refractivity contribution in [3.63, 3.8) is 0 Å².